The molecule has 3 rings (SSSR count). The summed E-state index contributed by atoms with van der Waals surface area (Å²) in [4.78, 5) is 2.82. The third-order valence-electron chi connectivity index (χ3n) is 5.28. The molecule has 1 atom stereocenters. The van der Waals surface area contributed by atoms with Gasteiger partial charge in [0.05, 0.1) is 4.99 Å². The highest BCUT2D eigenvalue weighted by Gasteiger charge is 2.31. The molecule has 3 aromatic carbocycles. The summed E-state index contributed by atoms with van der Waals surface area (Å²) in [5, 5.41) is 5.07. The number of hydrogen-bond donors (Lipinski definition) is 1. The molecule has 170 valence electrons. The summed E-state index contributed by atoms with van der Waals surface area (Å²) in [5.41, 5.74) is 1.02. The van der Waals surface area contributed by atoms with Crippen LogP contribution >= 0.6 is 35.4 Å². The van der Waals surface area contributed by atoms with Crippen LogP contribution in [0.1, 0.15) is 18.0 Å². The van der Waals surface area contributed by atoms with Crippen molar-refractivity contribution >= 4 is 51.0 Å². The van der Waals surface area contributed by atoms with Gasteiger partial charge in [-0.2, -0.15) is 0 Å². The van der Waals surface area contributed by atoms with Crippen molar-refractivity contribution in [2.45, 2.75) is 12.5 Å². The van der Waals surface area contributed by atoms with Crippen molar-refractivity contribution in [2.75, 3.05) is 13.1 Å². The van der Waals surface area contributed by atoms with Crippen molar-refractivity contribution < 1.29 is 4.57 Å². The molecule has 3 aromatic rings. The number of benzene rings is 3. The topological polar surface area (TPSA) is 32.3 Å². The predicted octanol–water partition coefficient (Wildman–Crippen LogP) is 6.40. The van der Waals surface area contributed by atoms with Gasteiger partial charge in [-0.1, -0.05) is 88.8 Å². The smallest absolute Gasteiger partial charge is 0.205 e. The summed E-state index contributed by atoms with van der Waals surface area (Å²) < 4.78 is 15.6. The fourth-order valence-electron chi connectivity index (χ4n) is 3.62. The number of halogens is 1. The highest BCUT2D eigenvalue weighted by atomic mass is 79.9. The van der Waals surface area contributed by atoms with Crippen LogP contribution in [-0.4, -0.2) is 23.0 Å². The Bertz CT molecular complexity index is 1070. The van der Waals surface area contributed by atoms with Gasteiger partial charge in [0, 0.05) is 40.6 Å². The van der Waals surface area contributed by atoms with Crippen LogP contribution in [0.3, 0.4) is 0 Å². The second kappa shape index (κ2) is 12.2. The molecule has 0 amide bonds. The Kier molecular flexibility index (Phi) is 9.40. The summed E-state index contributed by atoms with van der Waals surface area (Å²) in [6.45, 7) is 8.96. The maximum Gasteiger partial charge on any atom is 0.205 e. The lowest BCUT2D eigenvalue weighted by atomic mass is 10.0. The number of nitrogens with one attached hydrogen (secondary N) is 1. The van der Waals surface area contributed by atoms with Gasteiger partial charge < -0.3 is 4.90 Å². The van der Waals surface area contributed by atoms with E-state index in [1.54, 1.807) is 0 Å². The molecule has 33 heavy (non-hydrogen) atoms. The average molecular weight is 539 g/mol. The van der Waals surface area contributed by atoms with Crippen molar-refractivity contribution in [3.05, 3.63) is 120 Å². The summed E-state index contributed by atoms with van der Waals surface area (Å²) in [6, 6.07) is 27.0. The molecule has 0 aliphatic heterocycles. The molecule has 0 aliphatic rings. The first-order valence-corrected chi connectivity index (χ1v) is 13.6. The van der Waals surface area contributed by atoms with Crippen LogP contribution in [0.25, 0.3) is 0 Å². The zero-order valence-electron chi connectivity index (χ0n) is 18.4. The monoisotopic (exact) mass is 538 g/mol. The first-order chi connectivity index (χ1) is 16.0. The largest absolute Gasteiger partial charge is 0.359 e. The summed E-state index contributed by atoms with van der Waals surface area (Å²) in [6.07, 6.45) is 4.18. The number of rotatable bonds is 11. The third-order valence-corrected chi connectivity index (χ3v) is 8.96. The zero-order chi connectivity index (χ0) is 23.7. The molecular weight excluding hydrogens is 511 g/mol. The Morgan fingerprint density at radius 3 is 1.85 bits per heavy atom. The van der Waals surface area contributed by atoms with Crippen LogP contribution in [-0.2, 0) is 4.57 Å². The fraction of sp³-hybridized carbons (Fsp3) is 0.148. The molecular formula is C27H28BrN2OPS. The van der Waals surface area contributed by atoms with Crippen molar-refractivity contribution in [3.63, 3.8) is 0 Å². The van der Waals surface area contributed by atoms with Gasteiger partial charge in [-0.15, -0.1) is 13.2 Å². The SMILES string of the molecule is C=CCN(CC=C)C(=S)C[C@@H](NP(=O)(c1ccccc1)c1ccccc1)c1ccc(Br)cc1. The van der Waals surface area contributed by atoms with E-state index >= 15 is 0 Å². The van der Waals surface area contributed by atoms with Gasteiger partial charge in [-0.25, -0.2) is 0 Å². The van der Waals surface area contributed by atoms with Gasteiger partial charge in [0.1, 0.15) is 0 Å². The van der Waals surface area contributed by atoms with Gasteiger partial charge in [0.25, 0.3) is 0 Å². The fourth-order valence-corrected chi connectivity index (χ4v) is 6.66. The van der Waals surface area contributed by atoms with Crippen LogP contribution in [0.5, 0.6) is 0 Å². The average Bonchev–Trinajstić information content (AvgIpc) is 2.85. The van der Waals surface area contributed by atoms with Gasteiger partial charge in [0.2, 0.25) is 7.29 Å². The summed E-state index contributed by atoms with van der Waals surface area (Å²) >= 11 is 9.34. The lowest BCUT2D eigenvalue weighted by Crippen LogP contribution is -2.36. The molecule has 0 bridgehead atoms. The Hall–Kier alpha value is -2.30. The molecule has 0 fully saturated rings. The minimum atomic E-state index is -3.15. The van der Waals surface area contributed by atoms with E-state index in [1.165, 1.54) is 0 Å². The van der Waals surface area contributed by atoms with Crippen molar-refractivity contribution in [3.8, 4) is 0 Å². The van der Waals surface area contributed by atoms with Gasteiger partial charge in [0.15, 0.2) is 0 Å². The van der Waals surface area contributed by atoms with Gasteiger partial charge in [-0.3, -0.25) is 9.65 Å². The minimum absolute atomic E-state index is 0.256. The molecule has 0 unspecified atom stereocenters. The van der Waals surface area contributed by atoms with Gasteiger partial charge >= 0.3 is 0 Å². The van der Waals surface area contributed by atoms with E-state index in [2.05, 4.69) is 39.1 Å². The van der Waals surface area contributed by atoms with Gasteiger partial charge in [-0.05, 0) is 42.0 Å². The number of thiocarbonyl (C=S) groups is 1. The molecule has 0 saturated heterocycles. The van der Waals surface area contributed by atoms with E-state index in [1.807, 2.05) is 97.1 Å². The highest BCUT2D eigenvalue weighted by Crippen LogP contribution is 2.42. The van der Waals surface area contributed by atoms with Crippen molar-refractivity contribution in [1.82, 2.24) is 9.99 Å². The van der Waals surface area contributed by atoms with E-state index in [0.29, 0.717) is 19.5 Å². The predicted molar refractivity (Wildman–Crippen MR) is 149 cm³/mol. The summed E-state index contributed by atoms with van der Waals surface area (Å²) in [7, 11) is -3.15. The molecule has 0 spiro atoms. The van der Waals surface area contributed by atoms with E-state index in [4.69, 9.17) is 12.2 Å². The van der Waals surface area contributed by atoms with Crippen LogP contribution in [0.15, 0.2) is 115 Å². The molecule has 0 aliphatic carbocycles. The zero-order valence-corrected chi connectivity index (χ0v) is 21.7. The molecule has 1 N–H and O–H groups in total. The van der Waals surface area contributed by atoms with E-state index in [0.717, 1.165) is 25.6 Å². The summed E-state index contributed by atoms with van der Waals surface area (Å²) in [5.74, 6) is 0. The lowest BCUT2D eigenvalue weighted by molar-refractivity contribution is 0.496. The minimum Gasteiger partial charge on any atom is -0.359 e. The first kappa shape index (κ1) is 25.3. The lowest BCUT2D eigenvalue weighted by Gasteiger charge is -2.30. The standard InChI is InChI=1S/C27H28BrN2OPS/c1-3-19-30(20-4-2)27(33)21-26(22-15-17-23(28)18-16-22)29-32(31,24-11-7-5-8-12-24)25-13-9-6-10-14-25/h3-18,26H,1-2,19-21H2,(H,29,31)/t26-/m1/s1. The van der Waals surface area contributed by atoms with E-state index < -0.39 is 7.29 Å². The molecule has 3 nitrogen and oxygen atoms in total. The molecule has 6 heteroatoms. The maximum atomic E-state index is 14.7. The number of hydrogen-bond acceptors (Lipinski definition) is 2. The van der Waals surface area contributed by atoms with Crippen LogP contribution in [0.2, 0.25) is 0 Å². The van der Waals surface area contributed by atoms with E-state index in [9.17, 15) is 4.57 Å². The van der Waals surface area contributed by atoms with E-state index in [-0.39, 0.29) is 6.04 Å². The molecule has 0 radical (unpaired) electrons. The number of nitrogens with zero attached hydrogens (tertiary/aromatic N) is 1. The molecule has 0 saturated carbocycles. The van der Waals surface area contributed by atoms with Crippen LogP contribution in [0.4, 0.5) is 0 Å². The third kappa shape index (κ3) is 6.61. The quantitative estimate of drug-likeness (QED) is 0.174. The van der Waals surface area contributed by atoms with Crippen molar-refractivity contribution in [2.24, 2.45) is 0 Å². The second-order valence-electron chi connectivity index (χ2n) is 7.59. The molecule has 0 heterocycles. The van der Waals surface area contributed by atoms with Crippen LogP contribution < -0.4 is 15.7 Å². The Labute approximate surface area is 210 Å². The van der Waals surface area contributed by atoms with Crippen molar-refractivity contribution in [1.29, 1.82) is 0 Å². The first-order valence-electron chi connectivity index (χ1n) is 10.7. The Morgan fingerprint density at radius 2 is 1.39 bits per heavy atom. The Balaban J connectivity index is 2.04. The second-order valence-corrected chi connectivity index (χ2v) is 11.5. The molecule has 0 aromatic heterocycles. The van der Waals surface area contributed by atoms with Crippen LogP contribution in [0, 0.1) is 0 Å². The normalized spacial score (nSPS) is 12.0. The maximum absolute atomic E-state index is 14.7. The highest BCUT2D eigenvalue weighted by molar-refractivity contribution is 9.10. The Morgan fingerprint density at radius 1 is 0.909 bits per heavy atom.